The summed E-state index contributed by atoms with van der Waals surface area (Å²) in [6.07, 6.45) is 2.18. The zero-order valence-electron chi connectivity index (χ0n) is 17.1. The Kier molecular flexibility index (Phi) is 6.93. The maximum atomic E-state index is 12.9. The van der Waals surface area contributed by atoms with Gasteiger partial charge >= 0.3 is 0 Å². The van der Waals surface area contributed by atoms with Gasteiger partial charge in [-0.15, -0.1) is 0 Å². The lowest BCUT2D eigenvalue weighted by Crippen LogP contribution is -2.39. The first-order valence-electron chi connectivity index (χ1n) is 9.86. The second kappa shape index (κ2) is 9.60. The first-order chi connectivity index (χ1) is 13.5. The van der Waals surface area contributed by atoms with E-state index in [9.17, 15) is 4.79 Å². The van der Waals surface area contributed by atoms with Crippen LogP contribution >= 0.6 is 0 Å². The average Bonchev–Trinajstić information content (AvgIpc) is 3.19. The smallest absolute Gasteiger partial charge is 0.260 e. The molecule has 1 saturated heterocycles. The van der Waals surface area contributed by atoms with Crippen LogP contribution in [0.5, 0.6) is 5.75 Å². The van der Waals surface area contributed by atoms with E-state index < -0.39 is 0 Å². The van der Waals surface area contributed by atoms with Crippen LogP contribution in [0.15, 0.2) is 48.5 Å². The van der Waals surface area contributed by atoms with Gasteiger partial charge in [0, 0.05) is 39.5 Å². The summed E-state index contributed by atoms with van der Waals surface area (Å²) in [5.41, 5.74) is 3.36. The van der Waals surface area contributed by atoms with Gasteiger partial charge < -0.3 is 19.3 Å². The van der Waals surface area contributed by atoms with E-state index in [0.29, 0.717) is 13.1 Å². The van der Waals surface area contributed by atoms with Crippen LogP contribution in [0, 0.1) is 6.92 Å². The van der Waals surface area contributed by atoms with Gasteiger partial charge in [0.1, 0.15) is 5.75 Å². The predicted molar refractivity (Wildman–Crippen MR) is 112 cm³/mol. The van der Waals surface area contributed by atoms with E-state index in [2.05, 4.69) is 29.2 Å². The van der Waals surface area contributed by atoms with Crippen LogP contribution in [-0.2, 0) is 16.1 Å². The van der Waals surface area contributed by atoms with Crippen LogP contribution in [-0.4, -0.2) is 50.8 Å². The first kappa shape index (κ1) is 20.2. The number of rotatable bonds is 8. The Hall–Kier alpha value is -2.53. The first-order valence-corrected chi connectivity index (χ1v) is 9.86. The van der Waals surface area contributed by atoms with Crippen molar-refractivity contribution in [3.8, 4) is 5.75 Å². The van der Waals surface area contributed by atoms with E-state index in [0.717, 1.165) is 42.0 Å². The largest absolute Gasteiger partial charge is 0.484 e. The van der Waals surface area contributed by atoms with Gasteiger partial charge in [-0.25, -0.2) is 0 Å². The van der Waals surface area contributed by atoms with Gasteiger partial charge in [0.25, 0.3) is 5.91 Å². The molecule has 1 fully saturated rings. The minimum Gasteiger partial charge on any atom is -0.484 e. The Balaban J connectivity index is 1.65. The van der Waals surface area contributed by atoms with Crippen LogP contribution < -0.4 is 9.64 Å². The summed E-state index contributed by atoms with van der Waals surface area (Å²) in [6, 6.07) is 16.1. The number of hydrogen-bond donors (Lipinski definition) is 0. The molecule has 5 nitrogen and oxygen atoms in total. The number of nitrogens with zero attached hydrogens (tertiary/aromatic N) is 2. The van der Waals surface area contributed by atoms with Crippen LogP contribution in [0.3, 0.4) is 0 Å². The summed E-state index contributed by atoms with van der Waals surface area (Å²) in [6.45, 7) is 3.99. The molecule has 0 N–H and O–H groups in total. The van der Waals surface area contributed by atoms with Gasteiger partial charge in [0.15, 0.2) is 6.61 Å². The highest BCUT2D eigenvalue weighted by Crippen LogP contribution is 2.18. The molecule has 2 aromatic rings. The normalized spacial score (nSPS) is 16.0. The third-order valence-corrected chi connectivity index (χ3v) is 4.98. The molecule has 0 bridgehead atoms. The second-order valence-electron chi connectivity index (χ2n) is 7.58. The molecule has 1 heterocycles. The molecule has 150 valence electrons. The maximum absolute atomic E-state index is 12.9. The second-order valence-corrected chi connectivity index (χ2v) is 7.58. The number of ether oxygens (including phenoxy) is 2. The maximum Gasteiger partial charge on any atom is 0.260 e. The van der Waals surface area contributed by atoms with Crippen molar-refractivity contribution in [2.45, 2.75) is 32.4 Å². The summed E-state index contributed by atoms with van der Waals surface area (Å²) in [5, 5.41) is 0. The molecule has 1 aliphatic heterocycles. The fraction of sp³-hybridized carbons (Fsp3) is 0.435. The van der Waals surface area contributed by atoms with E-state index in [4.69, 9.17) is 9.47 Å². The van der Waals surface area contributed by atoms with E-state index in [1.165, 1.54) is 0 Å². The Morgan fingerprint density at radius 3 is 2.61 bits per heavy atom. The Bertz CT molecular complexity index is 768. The summed E-state index contributed by atoms with van der Waals surface area (Å²) < 4.78 is 11.5. The van der Waals surface area contributed by atoms with E-state index in [-0.39, 0.29) is 18.6 Å². The highest BCUT2D eigenvalue weighted by Gasteiger charge is 2.23. The molecule has 2 aromatic carbocycles. The third-order valence-electron chi connectivity index (χ3n) is 4.98. The van der Waals surface area contributed by atoms with Crippen molar-refractivity contribution >= 4 is 11.6 Å². The average molecular weight is 383 g/mol. The summed E-state index contributed by atoms with van der Waals surface area (Å²) in [4.78, 5) is 16.8. The van der Waals surface area contributed by atoms with E-state index >= 15 is 0 Å². The van der Waals surface area contributed by atoms with Crippen LogP contribution in [0.1, 0.15) is 24.0 Å². The van der Waals surface area contributed by atoms with E-state index in [1.807, 2.05) is 50.2 Å². The quantitative estimate of drug-likeness (QED) is 0.699. The molecule has 0 radical (unpaired) electrons. The van der Waals surface area contributed by atoms with Crippen molar-refractivity contribution in [3.63, 3.8) is 0 Å². The number of hydrogen-bond acceptors (Lipinski definition) is 4. The van der Waals surface area contributed by atoms with E-state index in [1.54, 1.807) is 0 Å². The van der Waals surface area contributed by atoms with Gasteiger partial charge in [-0.05, 0) is 55.2 Å². The van der Waals surface area contributed by atoms with Crippen molar-refractivity contribution in [3.05, 3.63) is 59.7 Å². The van der Waals surface area contributed by atoms with Gasteiger partial charge in [0.05, 0.1) is 6.10 Å². The van der Waals surface area contributed by atoms with Crippen molar-refractivity contribution in [2.24, 2.45) is 0 Å². The van der Waals surface area contributed by atoms with Crippen LogP contribution in [0.4, 0.5) is 5.69 Å². The van der Waals surface area contributed by atoms with Gasteiger partial charge in [-0.2, -0.15) is 0 Å². The Labute approximate surface area is 167 Å². The topological polar surface area (TPSA) is 42.0 Å². The van der Waals surface area contributed by atoms with Crippen molar-refractivity contribution in [1.29, 1.82) is 0 Å². The molecular formula is C23H30N2O3. The molecule has 0 saturated carbocycles. The Morgan fingerprint density at radius 1 is 1.18 bits per heavy atom. The molecule has 0 unspecified atom stereocenters. The fourth-order valence-electron chi connectivity index (χ4n) is 3.35. The number of benzene rings is 2. The molecule has 1 atom stereocenters. The molecular weight excluding hydrogens is 352 g/mol. The molecule has 3 rings (SSSR count). The molecule has 5 heteroatoms. The monoisotopic (exact) mass is 382 g/mol. The zero-order valence-corrected chi connectivity index (χ0v) is 17.1. The van der Waals surface area contributed by atoms with Crippen LogP contribution in [0.25, 0.3) is 0 Å². The lowest BCUT2D eigenvalue weighted by molar-refractivity contribution is -0.135. The molecule has 0 aliphatic carbocycles. The molecule has 1 amide bonds. The molecule has 0 aromatic heterocycles. The fourth-order valence-corrected chi connectivity index (χ4v) is 3.35. The molecule has 0 spiro atoms. The highest BCUT2D eigenvalue weighted by molar-refractivity contribution is 5.77. The van der Waals surface area contributed by atoms with Gasteiger partial charge in [0.2, 0.25) is 0 Å². The lowest BCUT2D eigenvalue weighted by atomic mass is 10.1. The lowest BCUT2D eigenvalue weighted by Gasteiger charge is -2.26. The number of anilines is 1. The third kappa shape index (κ3) is 5.73. The van der Waals surface area contributed by atoms with Gasteiger partial charge in [-0.3, -0.25) is 4.79 Å². The van der Waals surface area contributed by atoms with Crippen molar-refractivity contribution < 1.29 is 14.3 Å². The van der Waals surface area contributed by atoms with Crippen molar-refractivity contribution in [2.75, 3.05) is 38.8 Å². The Morgan fingerprint density at radius 2 is 1.96 bits per heavy atom. The summed E-state index contributed by atoms with van der Waals surface area (Å²) >= 11 is 0. The number of amides is 1. The minimum atomic E-state index is -0.0197. The minimum absolute atomic E-state index is 0.0197. The van der Waals surface area contributed by atoms with Crippen LogP contribution in [0.2, 0.25) is 0 Å². The van der Waals surface area contributed by atoms with Crippen molar-refractivity contribution in [1.82, 2.24) is 4.90 Å². The SMILES string of the molecule is Cc1cccc(OCC(=O)N(Cc2ccc(N(C)C)cc2)C[C@@H]2CCCO2)c1. The summed E-state index contributed by atoms with van der Waals surface area (Å²) in [7, 11) is 4.04. The predicted octanol–water partition coefficient (Wildman–Crippen LogP) is 3.65. The number of carbonyl (C=O) groups excluding carboxylic acids is 1. The number of aryl methyl sites for hydroxylation is 1. The molecule has 28 heavy (non-hydrogen) atoms. The molecule has 1 aliphatic rings. The summed E-state index contributed by atoms with van der Waals surface area (Å²) in [5.74, 6) is 0.703. The van der Waals surface area contributed by atoms with Gasteiger partial charge in [-0.1, -0.05) is 24.3 Å². The number of carbonyl (C=O) groups is 1. The highest BCUT2D eigenvalue weighted by atomic mass is 16.5. The standard InChI is InChI=1S/C23H30N2O3/c1-18-6-4-7-21(14-18)28-17-23(26)25(16-22-8-5-13-27-22)15-19-9-11-20(12-10-19)24(2)3/h4,6-7,9-12,14,22H,5,8,13,15-17H2,1-3H3/t22-/m0/s1. The zero-order chi connectivity index (χ0) is 19.9.